The molecule has 8 nitrogen and oxygen atoms in total. The summed E-state index contributed by atoms with van der Waals surface area (Å²) in [6.07, 6.45) is 3.22. The fraction of sp³-hybridized carbons (Fsp3) is 0.158. The summed E-state index contributed by atoms with van der Waals surface area (Å²) in [5.74, 6) is 0.486. The van der Waals surface area contributed by atoms with Crippen LogP contribution in [0.1, 0.15) is 12.0 Å². The molecule has 0 unspecified atom stereocenters. The van der Waals surface area contributed by atoms with Crippen LogP contribution in [0.2, 0.25) is 5.02 Å². The summed E-state index contributed by atoms with van der Waals surface area (Å²) in [7, 11) is 0. The van der Waals surface area contributed by atoms with Crippen LogP contribution in [-0.2, 0) is 11.3 Å². The molecule has 0 aliphatic carbocycles. The smallest absolute Gasteiger partial charge is 0.275 e. The molecule has 0 fully saturated rings. The average molecular weight is 401 g/mol. The van der Waals surface area contributed by atoms with Crippen molar-refractivity contribution in [1.29, 1.82) is 0 Å². The van der Waals surface area contributed by atoms with E-state index in [0.29, 0.717) is 17.3 Å². The molecule has 0 spiro atoms. The van der Waals surface area contributed by atoms with Crippen molar-refractivity contribution in [2.45, 2.75) is 19.9 Å². The summed E-state index contributed by atoms with van der Waals surface area (Å²) in [5.41, 5.74) is 1.16. The van der Waals surface area contributed by atoms with Gasteiger partial charge in [0.05, 0.1) is 27.9 Å². The van der Waals surface area contributed by atoms with E-state index in [1.807, 2.05) is 19.1 Å². The van der Waals surface area contributed by atoms with Crippen LogP contribution < -0.4 is 10.1 Å². The van der Waals surface area contributed by atoms with Gasteiger partial charge < -0.3 is 10.1 Å². The number of carbonyl (C=O) groups excluding carboxylic acids is 1. The summed E-state index contributed by atoms with van der Waals surface area (Å²) in [6.45, 7) is 2.28. The molecule has 1 aromatic heterocycles. The largest absolute Gasteiger partial charge is 0.457 e. The molecule has 9 heteroatoms. The molecular weight excluding hydrogens is 384 g/mol. The van der Waals surface area contributed by atoms with Crippen LogP contribution in [0.3, 0.4) is 0 Å². The van der Waals surface area contributed by atoms with E-state index in [-0.39, 0.29) is 29.5 Å². The maximum Gasteiger partial charge on any atom is 0.275 e. The fourth-order valence-corrected chi connectivity index (χ4v) is 2.62. The zero-order valence-electron chi connectivity index (χ0n) is 15.0. The highest BCUT2D eigenvalue weighted by Gasteiger charge is 2.13. The number of benzene rings is 2. The minimum atomic E-state index is -0.538. The Balaban J connectivity index is 1.72. The van der Waals surface area contributed by atoms with Gasteiger partial charge in [-0.05, 0) is 19.1 Å². The number of halogens is 1. The van der Waals surface area contributed by atoms with Crippen molar-refractivity contribution in [2.24, 2.45) is 0 Å². The van der Waals surface area contributed by atoms with Crippen LogP contribution in [0.15, 0.2) is 54.9 Å². The molecule has 0 saturated heterocycles. The first kappa shape index (κ1) is 19.4. The Morgan fingerprint density at radius 1 is 1.25 bits per heavy atom. The Morgan fingerprint density at radius 2 is 2.00 bits per heavy atom. The number of amides is 1. The molecule has 28 heavy (non-hydrogen) atoms. The van der Waals surface area contributed by atoms with Gasteiger partial charge in [-0.25, -0.2) is 0 Å². The SMILES string of the molecule is Cc1ccc(Oc2cc(NC(=O)CCn3cc(Cl)cn3)cc([N+](=O)[O-])c2)cc1. The van der Waals surface area contributed by atoms with E-state index in [4.69, 9.17) is 16.3 Å². The molecule has 1 heterocycles. The number of nitrogens with one attached hydrogen (secondary N) is 1. The minimum absolute atomic E-state index is 0.134. The van der Waals surface area contributed by atoms with Gasteiger partial charge in [0.25, 0.3) is 5.69 Å². The van der Waals surface area contributed by atoms with Gasteiger partial charge in [0.15, 0.2) is 0 Å². The third kappa shape index (κ3) is 5.31. The Morgan fingerprint density at radius 3 is 2.64 bits per heavy atom. The highest BCUT2D eigenvalue weighted by atomic mass is 35.5. The summed E-state index contributed by atoms with van der Waals surface area (Å²) in [5, 5.41) is 18.3. The average Bonchev–Trinajstić information content (AvgIpc) is 3.07. The van der Waals surface area contributed by atoms with Gasteiger partial charge in [0.2, 0.25) is 5.91 Å². The highest BCUT2D eigenvalue weighted by Crippen LogP contribution is 2.30. The van der Waals surface area contributed by atoms with Gasteiger partial charge >= 0.3 is 0 Å². The number of rotatable bonds is 7. The zero-order chi connectivity index (χ0) is 20.1. The number of hydrogen-bond donors (Lipinski definition) is 1. The third-order valence-electron chi connectivity index (χ3n) is 3.81. The first-order valence-corrected chi connectivity index (χ1v) is 8.79. The van der Waals surface area contributed by atoms with Crippen molar-refractivity contribution in [3.05, 3.63) is 75.6 Å². The number of ether oxygens (including phenoxy) is 1. The molecule has 0 saturated carbocycles. The van der Waals surface area contributed by atoms with E-state index in [0.717, 1.165) is 5.56 Å². The van der Waals surface area contributed by atoms with Crippen LogP contribution in [0.25, 0.3) is 0 Å². The lowest BCUT2D eigenvalue weighted by Gasteiger charge is -2.10. The molecule has 144 valence electrons. The van der Waals surface area contributed by atoms with E-state index in [2.05, 4.69) is 10.4 Å². The predicted molar refractivity (Wildman–Crippen MR) is 105 cm³/mol. The summed E-state index contributed by atoms with van der Waals surface area (Å²) in [6, 6.07) is 11.4. The molecule has 3 aromatic rings. The first-order chi connectivity index (χ1) is 13.4. The Labute approximate surface area is 165 Å². The van der Waals surface area contributed by atoms with E-state index in [1.54, 1.807) is 23.0 Å². The molecular formula is C19H17ClN4O4. The second-order valence-electron chi connectivity index (χ2n) is 6.11. The summed E-state index contributed by atoms with van der Waals surface area (Å²) < 4.78 is 7.24. The molecule has 0 bridgehead atoms. The van der Waals surface area contributed by atoms with Crippen LogP contribution in [0.5, 0.6) is 11.5 Å². The number of non-ortho nitro benzene ring substituents is 1. The predicted octanol–water partition coefficient (Wildman–Crippen LogP) is 4.57. The number of nitro groups is 1. The van der Waals surface area contributed by atoms with E-state index in [1.165, 1.54) is 24.4 Å². The minimum Gasteiger partial charge on any atom is -0.457 e. The Hall–Kier alpha value is -3.39. The quantitative estimate of drug-likeness (QED) is 0.462. The molecule has 0 radical (unpaired) electrons. The number of anilines is 1. The van der Waals surface area contributed by atoms with Crippen molar-refractivity contribution in [3.8, 4) is 11.5 Å². The van der Waals surface area contributed by atoms with Crippen LogP contribution in [0.4, 0.5) is 11.4 Å². The maximum absolute atomic E-state index is 12.2. The lowest BCUT2D eigenvalue weighted by atomic mass is 10.2. The number of aryl methyl sites for hydroxylation is 2. The second kappa shape index (κ2) is 8.53. The topological polar surface area (TPSA) is 99.3 Å². The van der Waals surface area contributed by atoms with Crippen molar-refractivity contribution in [2.75, 3.05) is 5.32 Å². The Bertz CT molecular complexity index is 1000. The fourth-order valence-electron chi connectivity index (χ4n) is 2.46. The number of aromatic nitrogens is 2. The highest BCUT2D eigenvalue weighted by molar-refractivity contribution is 6.30. The maximum atomic E-state index is 12.2. The van der Waals surface area contributed by atoms with Crippen molar-refractivity contribution < 1.29 is 14.5 Å². The summed E-state index contributed by atoms with van der Waals surface area (Å²) in [4.78, 5) is 22.9. The number of nitrogens with zero attached hydrogens (tertiary/aromatic N) is 3. The van der Waals surface area contributed by atoms with Gasteiger partial charge in [0, 0.05) is 31.3 Å². The Kier molecular flexibility index (Phi) is 5.90. The zero-order valence-corrected chi connectivity index (χ0v) is 15.7. The van der Waals surface area contributed by atoms with Crippen LogP contribution in [0, 0.1) is 17.0 Å². The molecule has 2 aromatic carbocycles. The van der Waals surface area contributed by atoms with E-state index < -0.39 is 4.92 Å². The molecule has 0 aliphatic heterocycles. The van der Waals surface area contributed by atoms with Gasteiger partial charge in [-0.2, -0.15) is 5.10 Å². The first-order valence-electron chi connectivity index (χ1n) is 8.41. The van der Waals surface area contributed by atoms with Crippen molar-refractivity contribution in [3.63, 3.8) is 0 Å². The monoisotopic (exact) mass is 400 g/mol. The number of carbonyl (C=O) groups is 1. The van der Waals surface area contributed by atoms with Gasteiger partial charge in [0.1, 0.15) is 11.5 Å². The second-order valence-corrected chi connectivity index (χ2v) is 6.54. The molecule has 3 rings (SSSR count). The number of nitro benzene ring substituents is 1. The lowest BCUT2D eigenvalue weighted by Crippen LogP contribution is -2.14. The van der Waals surface area contributed by atoms with E-state index >= 15 is 0 Å². The van der Waals surface area contributed by atoms with Crippen LogP contribution >= 0.6 is 11.6 Å². The lowest BCUT2D eigenvalue weighted by molar-refractivity contribution is -0.384. The van der Waals surface area contributed by atoms with Gasteiger partial charge in [-0.3, -0.25) is 19.6 Å². The molecule has 0 atom stereocenters. The van der Waals surface area contributed by atoms with Gasteiger partial charge in [-0.1, -0.05) is 29.3 Å². The molecule has 0 aliphatic rings. The molecule has 1 N–H and O–H groups in total. The normalized spacial score (nSPS) is 10.5. The van der Waals surface area contributed by atoms with Gasteiger partial charge in [-0.15, -0.1) is 0 Å². The molecule has 1 amide bonds. The summed E-state index contributed by atoms with van der Waals surface area (Å²) >= 11 is 5.78. The number of hydrogen-bond acceptors (Lipinski definition) is 5. The van der Waals surface area contributed by atoms with E-state index in [9.17, 15) is 14.9 Å². The third-order valence-corrected chi connectivity index (χ3v) is 4.01. The van der Waals surface area contributed by atoms with Crippen molar-refractivity contribution in [1.82, 2.24) is 9.78 Å². The van der Waals surface area contributed by atoms with Crippen LogP contribution in [-0.4, -0.2) is 20.6 Å². The standard InChI is InChI=1S/C19H17ClN4O4/c1-13-2-4-17(5-3-13)28-18-9-15(8-16(10-18)24(26)27)22-19(25)6-7-23-12-14(20)11-21-23/h2-5,8-12H,6-7H2,1H3,(H,22,25). The van der Waals surface area contributed by atoms with Crippen molar-refractivity contribution >= 4 is 28.9 Å².